The van der Waals surface area contributed by atoms with E-state index in [1.54, 1.807) is 9.47 Å². The van der Waals surface area contributed by atoms with Crippen LogP contribution < -0.4 is 5.69 Å². The van der Waals surface area contributed by atoms with Crippen LogP contribution in [0.1, 0.15) is 58.9 Å². The molecule has 1 aliphatic heterocycles. The molecule has 2 heterocycles. The standard InChI is InChI=1S/C22H34N3O5P/c1-6-28-31(29-7-2)15-25-19-14-17(8-9-18(19)23-20(25)26)16-10-12-24(13-11-16)21(27)30-22(3,4)5/h8-9,14,16H,6-7,10-13,15H2,1-5H3,(H,23,26). The Labute approximate surface area is 184 Å². The highest BCUT2D eigenvalue weighted by Crippen LogP contribution is 2.40. The van der Waals surface area contributed by atoms with Gasteiger partial charge in [-0.05, 0) is 71.1 Å². The van der Waals surface area contributed by atoms with Crippen LogP contribution in [0.15, 0.2) is 23.0 Å². The summed E-state index contributed by atoms with van der Waals surface area (Å²) in [6.45, 7) is 11.9. The van der Waals surface area contributed by atoms with Gasteiger partial charge in [0.2, 0.25) is 0 Å². The highest BCUT2D eigenvalue weighted by Gasteiger charge is 2.28. The number of nitrogens with one attached hydrogen (secondary N) is 1. The predicted molar refractivity (Wildman–Crippen MR) is 123 cm³/mol. The van der Waals surface area contributed by atoms with Crippen molar-refractivity contribution in [3.05, 3.63) is 34.2 Å². The molecule has 0 aliphatic carbocycles. The number of ether oxygens (including phenoxy) is 1. The highest BCUT2D eigenvalue weighted by atomic mass is 31.2. The number of carbonyl (C=O) groups is 1. The molecule has 1 aliphatic rings. The van der Waals surface area contributed by atoms with E-state index in [-0.39, 0.29) is 11.8 Å². The number of likely N-dealkylation sites (tertiary alicyclic amines) is 1. The minimum absolute atomic E-state index is 0.154. The fourth-order valence-corrected chi connectivity index (χ4v) is 5.13. The van der Waals surface area contributed by atoms with Gasteiger partial charge in [-0.2, -0.15) is 0 Å². The molecule has 1 N–H and O–H groups in total. The van der Waals surface area contributed by atoms with E-state index in [9.17, 15) is 9.59 Å². The number of nitrogens with zero attached hydrogens (tertiary/aromatic N) is 2. The molecule has 9 heteroatoms. The molecule has 1 amide bonds. The first-order valence-electron chi connectivity index (χ1n) is 11.0. The Morgan fingerprint density at radius 3 is 2.39 bits per heavy atom. The third-order valence-corrected chi connectivity index (χ3v) is 6.83. The number of amides is 1. The van der Waals surface area contributed by atoms with Gasteiger partial charge in [-0.15, -0.1) is 0 Å². The lowest BCUT2D eigenvalue weighted by molar-refractivity contribution is 0.0205. The number of benzene rings is 1. The summed E-state index contributed by atoms with van der Waals surface area (Å²) in [6.07, 6.45) is 1.88. The van der Waals surface area contributed by atoms with Crippen molar-refractivity contribution in [3.63, 3.8) is 0 Å². The number of carbonyl (C=O) groups excluding carboxylic acids is 1. The topological polar surface area (TPSA) is 85.8 Å². The molecule has 1 aromatic carbocycles. The number of hydrogen-bond acceptors (Lipinski definition) is 5. The number of fused-ring (bicyclic) bond motifs is 1. The van der Waals surface area contributed by atoms with Crippen LogP contribution in [-0.4, -0.2) is 52.4 Å². The number of aromatic nitrogens is 2. The summed E-state index contributed by atoms with van der Waals surface area (Å²) in [5.74, 6) is 0.335. The van der Waals surface area contributed by atoms with E-state index in [1.165, 1.54) is 5.56 Å². The quantitative estimate of drug-likeness (QED) is 0.612. The molecule has 1 aromatic heterocycles. The second-order valence-electron chi connectivity index (χ2n) is 8.69. The van der Waals surface area contributed by atoms with Crippen LogP contribution in [0.3, 0.4) is 0 Å². The fraction of sp³-hybridized carbons (Fsp3) is 0.636. The number of aromatic amines is 1. The summed E-state index contributed by atoms with van der Waals surface area (Å²) in [7, 11) is -1.17. The Hall–Kier alpha value is -1.89. The lowest BCUT2D eigenvalue weighted by atomic mass is 9.89. The largest absolute Gasteiger partial charge is 0.444 e. The summed E-state index contributed by atoms with van der Waals surface area (Å²) in [5.41, 5.74) is 2.21. The van der Waals surface area contributed by atoms with Crippen LogP contribution in [-0.2, 0) is 20.1 Å². The molecule has 0 spiro atoms. The smallest absolute Gasteiger partial charge is 0.410 e. The maximum Gasteiger partial charge on any atom is 0.410 e. The minimum Gasteiger partial charge on any atom is -0.444 e. The molecule has 0 bridgehead atoms. The van der Waals surface area contributed by atoms with Crippen LogP contribution >= 0.6 is 8.38 Å². The number of piperidine rings is 1. The molecular weight excluding hydrogens is 417 g/mol. The fourth-order valence-electron chi connectivity index (χ4n) is 3.81. The molecule has 0 unspecified atom stereocenters. The Morgan fingerprint density at radius 2 is 1.81 bits per heavy atom. The summed E-state index contributed by atoms with van der Waals surface area (Å²) >= 11 is 0. The van der Waals surface area contributed by atoms with E-state index in [0.29, 0.717) is 38.5 Å². The summed E-state index contributed by atoms with van der Waals surface area (Å²) in [4.78, 5) is 29.6. The first kappa shape index (κ1) is 23.8. The maximum atomic E-state index is 12.6. The zero-order valence-corrected chi connectivity index (χ0v) is 20.0. The van der Waals surface area contributed by atoms with Gasteiger partial charge in [0, 0.05) is 13.1 Å². The summed E-state index contributed by atoms with van der Waals surface area (Å²) in [5, 5.41) is 0. The monoisotopic (exact) mass is 451 g/mol. The molecule has 172 valence electrons. The van der Waals surface area contributed by atoms with Gasteiger partial charge in [0.05, 0.1) is 30.5 Å². The van der Waals surface area contributed by atoms with Crippen molar-refractivity contribution < 1.29 is 18.6 Å². The highest BCUT2D eigenvalue weighted by molar-refractivity contribution is 7.46. The molecule has 3 rings (SSSR count). The molecule has 0 saturated carbocycles. The zero-order chi connectivity index (χ0) is 22.6. The Bertz CT molecular complexity index is 935. The summed E-state index contributed by atoms with van der Waals surface area (Å²) in [6, 6.07) is 6.13. The molecule has 1 fully saturated rings. The molecule has 2 aromatic rings. The number of rotatable bonds is 7. The van der Waals surface area contributed by atoms with E-state index < -0.39 is 14.0 Å². The van der Waals surface area contributed by atoms with Gasteiger partial charge in [-0.1, -0.05) is 6.07 Å². The van der Waals surface area contributed by atoms with Crippen LogP contribution in [0.4, 0.5) is 4.79 Å². The van der Waals surface area contributed by atoms with Crippen molar-refractivity contribution >= 4 is 25.5 Å². The van der Waals surface area contributed by atoms with E-state index in [2.05, 4.69) is 17.1 Å². The number of H-pyrrole nitrogens is 1. The van der Waals surface area contributed by atoms with Gasteiger partial charge in [0.15, 0.2) is 8.38 Å². The molecule has 31 heavy (non-hydrogen) atoms. The van der Waals surface area contributed by atoms with E-state index in [0.717, 1.165) is 23.9 Å². The van der Waals surface area contributed by atoms with Gasteiger partial charge in [-0.25, -0.2) is 9.59 Å². The van der Waals surface area contributed by atoms with E-state index in [4.69, 9.17) is 13.8 Å². The number of hydrogen-bond donors (Lipinski definition) is 1. The van der Waals surface area contributed by atoms with Crippen molar-refractivity contribution in [2.45, 2.75) is 65.3 Å². The first-order valence-corrected chi connectivity index (χ1v) is 12.3. The van der Waals surface area contributed by atoms with E-state index >= 15 is 0 Å². The van der Waals surface area contributed by atoms with Crippen LogP contribution in [0.2, 0.25) is 0 Å². The first-order chi connectivity index (χ1) is 14.7. The third-order valence-electron chi connectivity index (χ3n) is 5.22. The Kier molecular flexibility index (Phi) is 7.78. The summed E-state index contributed by atoms with van der Waals surface area (Å²) < 4.78 is 18.6. The van der Waals surface area contributed by atoms with Crippen molar-refractivity contribution in [3.8, 4) is 0 Å². The Balaban J connectivity index is 1.74. The van der Waals surface area contributed by atoms with E-state index in [1.807, 2.05) is 40.7 Å². The van der Waals surface area contributed by atoms with Crippen molar-refractivity contribution in [2.24, 2.45) is 0 Å². The lowest BCUT2D eigenvalue weighted by Gasteiger charge is -2.33. The van der Waals surface area contributed by atoms with Crippen LogP contribution in [0.25, 0.3) is 11.0 Å². The normalized spacial score (nSPS) is 15.7. The van der Waals surface area contributed by atoms with Gasteiger partial charge < -0.3 is 23.7 Å². The molecule has 0 radical (unpaired) electrons. The van der Waals surface area contributed by atoms with Gasteiger partial charge in [-0.3, -0.25) is 4.57 Å². The van der Waals surface area contributed by atoms with Crippen molar-refractivity contribution in [2.75, 3.05) is 26.3 Å². The molecule has 1 saturated heterocycles. The average Bonchev–Trinajstić information content (AvgIpc) is 3.02. The average molecular weight is 452 g/mol. The second kappa shape index (κ2) is 10.2. The van der Waals surface area contributed by atoms with Crippen LogP contribution in [0.5, 0.6) is 0 Å². The SMILES string of the molecule is CCOP(Cn1c(=O)[nH]c2ccc(C3CCN(C(=O)OC(C)(C)C)CC3)cc21)OCC. The van der Waals surface area contributed by atoms with Gasteiger partial charge in [0.1, 0.15) is 5.60 Å². The third kappa shape index (κ3) is 6.09. The Morgan fingerprint density at radius 1 is 1.16 bits per heavy atom. The predicted octanol–water partition coefficient (Wildman–Crippen LogP) is 4.79. The lowest BCUT2D eigenvalue weighted by Crippen LogP contribution is -2.41. The van der Waals surface area contributed by atoms with Crippen molar-refractivity contribution in [1.82, 2.24) is 14.5 Å². The molecular formula is C22H34N3O5P. The minimum atomic E-state index is -1.17. The molecule has 8 nitrogen and oxygen atoms in total. The maximum absolute atomic E-state index is 12.6. The van der Waals surface area contributed by atoms with Crippen molar-refractivity contribution in [1.29, 1.82) is 0 Å². The van der Waals surface area contributed by atoms with Crippen LogP contribution in [0, 0.1) is 0 Å². The molecule has 0 atom stereocenters. The number of imidazole rings is 1. The van der Waals surface area contributed by atoms with Gasteiger partial charge >= 0.3 is 11.8 Å². The van der Waals surface area contributed by atoms with Gasteiger partial charge in [0.25, 0.3) is 0 Å². The zero-order valence-electron chi connectivity index (χ0n) is 19.1. The second-order valence-corrected chi connectivity index (χ2v) is 10.2.